The van der Waals surface area contributed by atoms with Gasteiger partial charge in [0.2, 0.25) is 0 Å². The molecule has 0 saturated carbocycles. The Morgan fingerprint density at radius 2 is 1.37 bits per heavy atom. The minimum absolute atomic E-state index is 0.0245. The van der Waals surface area contributed by atoms with Gasteiger partial charge in [-0.15, -0.1) is 0 Å². The second-order valence-corrected chi connectivity index (χ2v) is 8.43. The summed E-state index contributed by atoms with van der Waals surface area (Å²) < 4.78 is 89.9. The van der Waals surface area contributed by atoms with Gasteiger partial charge >= 0.3 is 0 Å². The highest BCUT2D eigenvalue weighted by molar-refractivity contribution is 5.84. The summed E-state index contributed by atoms with van der Waals surface area (Å²) in [4.78, 5) is 0. The van der Waals surface area contributed by atoms with Gasteiger partial charge in [0, 0.05) is 22.6 Å². The molecule has 7 heteroatoms. The molecule has 0 fully saturated rings. The van der Waals surface area contributed by atoms with E-state index >= 15 is 0 Å². The molecule has 4 rings (SSSR count). The van der Waals surface area contributed by atoms with Crippen LogP contribution in [0.25, 0.3) is 10.8 Å². The third-order valence-corrected chi connectivity index (χ3v) is 5.65. The first-order valence-electron chi connectivity index (χ1n) is 11.8. The van der Waals surface area contributed by atoms with Gasteiger partial charge in [0.1, 0.15) is 23.2 Å². The monoisotopic (exact) mass is 522 g/mol. The van der Waals surface area contributed by atoms with Gasteiger partial charge in [-0.25, -0.2) is 26.3 Å². The van der Waals surface area contributed by atoms with Crippen molar-refractivity contribution in [3.63, 3.8) is 0 Å². The van der Waals surface area contributed by atoms with E-state index in [0.29, 0.717) is 12.4 Å². The van der Waals surface area contributed by atoms with Gasteiger partial charge in [-0.05, 0) is 54.3 Å². The molecule has 0 spiro atoms. The van der Waals surface area contributed by atoms with E-state index in [2.05, 4.69) is 30.6 Å². The van der Waals surface area contributed by atoms with E-state index in [1.54, 1.807) is 6.07 Å². The number of rotatable bonds is 5. The lowest BCUT2D eigenvalue weighted by molar-refractivity contribution is 0.305. The zero-order valence-corrected chi connectivity index (χ0v) is 20.2. The third-order valence-electron chi connectivity index (χ3n) is 5.65. The van der Waals surface area contributed by atoms with Crippen molar-refractivity contribution in [1.29, 1.82) is 0 Å². The highest BCUT2D eigenvalue weighted by Gasteiger charge is 2.13. The van der Waals surface area contributed by atoms with Crippen LogP contribution in [0.15, 0.2) is 54.6 Å². The molecule has 0 N–H and O–H groups in total. The van der Waals surface area contributed by atoms with Crippen molar-refractivity contribution in [1.82, 2.24) is 0 Å². The number of halogens is 6. The lowest BCUT2D eigenvalue weighted by atomic mass is 10.1. The van der Waals surface area contributed by atoms with E-state index < -0.39 is 40.5 Å². The summed E-state index contributed by atoms with van der Waals surface area (Å²) in [5.41, 5.74) is -0.315. The van der Waals surface area contributed by atoms with Crippen LogP contribution >= 0.6 is 0 Å². The predicted molar refractivity (Wildman–Crippen MR) is 134 cm³/mol. The third kappa shape index (κ3) is 6.12. The molecule has 4 aromatic carbocycles. The molecule has 0 aromatic heterocycles. The molecular formula is C31H20F6O. The molecule has 0 aliphatic carbocycles. The van der Waals surface area contributed by atoms with E-state index in [-0.39, 0.29) is 27.5 Å². The van der Waals surface area contributed by atoms with Gasteiger partial charge in [-0.3, -0.25) is 0 Å². The van der Waals surface area contributed by atoms with Crippen LogP contribution in [-0.2, 0) is 0 Å². The number of hydrogen-bond donors (Lipinski definition) is 0. The van der Waals surface area contributed by atoms with Crippen LogP contribution in [0.5, 0.6) is 5.75 Å². The average molecular weight is 522 g/mol. The Balaban J connectivity index is 1.53. The first-order valence-corrected chi connectivity index (χ1v) is 11.8. The van der Waals surface area contributed by atoms with Crippen molar-refractivity contribution < 1.29 is 31.1 Å². The summed E-state index contributed by atoms with van der Waals surface area (Å²) in [6.07, 6.45) is 2.91. The van der Waals surface area contributed by atoms with Crippen molar-refractivity contribution in [2.24, 2.45) is 0 Å². The quantitative estimate of drug-likeness (QED) is 0.112. The molecule has 1 nitrogen and oxygen atoms in total. The van der Waals surface area contributed by atoms with E-state index in [0.717, 1.165) is 37.5 Å². The van der Waals surface area contributed by atoms with Crippen molar-refractivity contribution in [3.8, 4) is 29.4 Å². The lowest BCUT2D eigenvalue weighted by Crippen LogP contribution is -1.98. The fraction of sp³-hybridized carbons (Fsp3) is 0.161. The van der Waals surface area contributed by atoms with Gasteiger partial charge in [-0.2, -0.15) is 0 Å². The Morgan fingerprint density at radius 1 is 0.632 bits per heavy atom. The summed E-state index contributed by atoms with van der Waals surface area (Å²) in [5, 5.41) is -0.108. The van der Waals surface area contributed by atoms with Crippen LogP contribution in [0.1, 0.15) is 48.4 Å². The largest absolute Gasteiger partial charge is 0.493 e. The second kappa shape index (κ2) is 11.8. The number of ether oxygens (including phenoxy) is 1. The first kappa shape index (κ1) is 26.7. The van der Waals surface area contributed by atoms with Crippen LogP contribution in [0.2, 0.25) is 0 Å². The minimum Gasteiger partial charge on any atom is -0.493 e. The Morgan fingerprint density at radius 3 is 2.08 bits per heavy atom. The van der Waals surface area contributed by atoms with Crippen LogP contribution in [-0.4, -0.2) is 6.61 Å². The summed E-state index contributed by atoms with van der Waals surface area (Å²) >= 11 is 0. The molecule has 0 bridgehead atoms. The zero-order chi connectivity index (χ0) is 27.2. The second-order valence-electron chi connectivity index (χ2n) is 8.43. The Bertz CT molecular complexity index is 1610. The summed E-state index contributed by atoms with van der Waals surface area (Å²) in [6.45, 7) is 2.54. The standard InChI is InChI=1S/C31H20F6O/c1-2-3-4-13-38-23-10-9-21(26(32)18-23)8-5-20-15-27(33)25(28(34)16-20)12-7-19-6-11-24-22(14-19)17-29(35)31(37)30(24)36/h6,9-11,14-18H,2-4,13H2,1H3. The summed E-state index contributed by atoms with van der Waals surface area (Å²) in [7, 11) is 0. The van der Waals surface area contributed by atoms with Crippen molar-refractivity contribution in [3.05, 3.63) is 112 Å². The van der Waals surface area contributed by atoms with Crippen molar-refractivity contribution in [2.45, 2.75) is 26.2 Å². The van der Waals surface area contributed by atoms with E-state index in [1.165, 1.54) is 30.3 Å². The van der Waals surface area contributed by atoms with Gasteiger partial charge in [0.05, 0.1) is 17.7 Å². The summed E-state index contributed by atoms with van der Waals surface area (Å²) in [6, 6.07) is 10.8. The van der Waals surface area contributed by atoms with Crippen LogP contribution < -0.4 is 4.74 Å². The highest BCUT2D eigenvalue weighted by Crippen LogP contribution is 2.24. The highest BCUT2D eigenvalue weighted by atomic mass is 19.2. The van der Waals surface area contributed by atoms with Gasteiger partial charge in [-0.1, -0.05) is 49.5 Å². The minimum atomic E-state index is -1.59. The van der Waals surface area contributed by atoms with Gasteiger partial charge in [0.25, 0.3) is 0 Å². The molecule has 192 valence electrons. The molecule has 0 amide bonds. The van der Waals surface area contributed by atoms with E-state index in [9.17, 15) is 26.3 Å². The maximum absolute atomic E-state index is 14.6. The molecule has 4 aromatic rings. The topological polar surface area (TPSA) is 9.23 Å². The molecular weight excluding hydrogens is 502 g/mol. The molecule has 0 heterocycles. The molecule has 38 heavy (non-hydrogen) atoms. The van der Waals surface area contributed by atoms with Crippen LogP contribution in [0, 0.1) is 58.6 Å². The number of fused-ring (bicyclic) bond motifs is 1. The van der Waals surface area contributed by atoms with Gasteiger partial charge < -0.3 is 4.74 Å². The molecule has 0 unspecified atom stereocenters. The molecule has 0 radical (unpaired) electrons. The maximum Gasteiger partial charge on any atom is 0.195 e. The molecule has 0 aliphatic heterocycles. The molecule has 0 saturated heterocycles. The normalized spacial score (nSPS) is 10.5. The number of unbranched alkanes of at least 4 members (excludes halogenated alkanes) is 2. The maximum atomic E-state index is 14.6. The van der Waals surface area contributed by atoms with E-state index in [1.807, 2.05) is 0 Å². The number of benzene rings is 4. The molecule has 0 atom stereocenters. The van der Waals surface area contributed by atoms with Crippen LogP contribution in [0.4, 0.5) is 26.3 Å². The van der Waals surface area contributed by atoms with Crippen molar-refractivity contribution in [2.75, 3.05) is 6.61 Å². The van der Waals surface area contributed by atoms with E-state index in [4.69, 9.17) is 4.74 Å². The Kier molecular flexibility index (Phi) is 8.28. The smallest absolute Gasteiger partial charge is 0.195 e. The fourth-order valence-electron chi connectivity index (χ4n) is 3.65. The summed E-state index contributed by atoms with van der Waals surface area (Å²) in [5.74, 6) is 3.49. The predicted octanol–water partition coefficient (Wildman–Crippen LogP) is 8.04. The van der Waals surface area contributed by atoms with Crippen molar-refractivity contribution >= 4 is 10.8 Å². The number of hydrogen-bond acceptors (Lipinski definition) is 1. The first-order chi connectivity index (χ1) is 18.3. The molecule has 0 aliphatic rings. The zero-order valence-electron chi connectivity index (χ0n) is 20.2. The average Bonchev–Trinajstić information content (AvgIpc) is 2.89. The SMILES string of the molecule is CCCCCOc1ccc(C#Cc2cc(F)c(C#Cc3ccc4c(F)c(F)c(F)cc4c3)c(F)c2)c(F)c1. The van der Waals surface area contributed by atoms with Gasteiger partial charge in [0.15, 0.2) is 17.5 Å². The Labute approximate surface area is 216 Å². The van der Waals surface area contributed by atoms with Crippen LogP contribution in [0.3, 0.4) is 0 Å². The Hall–Kier alpha value is -4.36. The fourth-order valence-corrected chi connectivity index (χ4v) is 3.65. The lowest BCUT2D eigenvalue weighted by Gasteiger charge is -2.06.